The molecule has 2 aromatic heterocycles. The van der Waals surface area contributed by atoms with Crippen LogP contribution in [0.5, 0.6) is 5.75 Å². The number of anilines is 1. The molecule has 35 heavy (non-hydrogen) atoms. The van der Waals surface area contributed by atoms with Gasteiger partial charge in [0.1, 0.15) is 5.75 Å². The standard InChI is InChI=1S/C28H31ClN4O2/c29-20-10-12-23-26(17-20)33-24-8-4-3-7-22(24)27(23)31-14-5-1-2-6-15-32-28(34)35-21-11-9-19-13-16-30-25(19)18-21/h9-13,16-18,30H,1-8,14-15H2,(H,31,33)(H,32,34). The molecule has 6 nitrogen and oxygen atoms in total. The molecule has 0 spiro atoms. The van der Waals surface area contributed by atoms with E-state index in [0.29, 0.717) is 12.3 Å². The molecule has 7 heteroatoms. The van der Waals surface area contributed by atoms with E-state index in [1.54, 1.807) is 6.07 Å². The number of pyridine rings is 1. The molecule has 1 aliphatic carbocycles. The second-order valence-corrected chi connectivity index (χ2v) is 9.60. The van der Waals surface area contributed by atoms with Gasteiger partial charge < -0.3 is 20.4 Å². The minimum absolute atomic E-state index is 0.410. The van der Waals surface area contributed by atoms with Crippen LogP contribution >= 0.6 is 11.6 Å². The summed E-state index contributed by atoms with van der Waals surface area (Å²) in [6.45, 7) is 1.53. The van der Waals surface area contributed by atoms with Crippen molar-refractivity contribution >= 4 is 45.2 Å². The zero-order valence-corrected chi connectivity index (χ0v) is 20.6. The maximum absolute atomic E-state index is 12.1. The van der Waals surface area contributed by atoms with E-state index < -0.39 is 6.09 Å². The average Bonchev–Trinajstić information content (AvgIpc) is 3.33. The van der Waals surface area contributed by atoms with Gasteiger partial charge in [0.2, 0.25) is 0 Å². The summed E-state index contributed by atoms with van der Waals surface area (Å²) >= 11 is 6.22. The van der Waals surface area contributed by atoms with Crippen LogP contribution in [0.1, 0.15) is 49.8 Å². The number of carbonyl (C=O) groups is 1. The highest BCUT2D eigenvalue weighted by molar-refractivity contribution is 6.31. The van der Waals surface area contributed by atoms with Crippen LogP contribution in [-0.2, 0) is 12.8 Å². The van der Waals surface area contributed by atoms with E-state index in [9.17, 15) is 4.79 Å². The third-order valence-corrected chi connectivity index (χ3v) is 6.87. The summed E-state index contributed by atoms with van der Waals surface area (Å²) in [6, 6.07) is 13.6. The van der Waals surface area contributed by atoms with Crippen LogP contribution in [0.25, 0.3) is 21.8 Å². The molecule has 0 saturated heterocycles. The normalized spacial score (nSPS) is 13.1. The Hall–Kier alpha value is -3.25. The number of aromatic amines is 1. The zero-order valence-electron chi connectivity index (χ0n) is 19.8. The highest BCUT2D eigenvalue weighted by atomic mass is 35.5. The molecular formula is C28H31ClN4O2. The molecule has 0 atom stereocenters. The van der Waals surface area contributed by atoms with Crippen LogP contribution in [-0.4, -0.2) is 29.2 Å². The maximum Gasteiger partial charge on any atom is 0.412 e. The number of rotatable bonds is 9. The van der Waals surface area contributed by atoms with Gasteiger partial charge in [-0.3, -0.25) is 4.98 Å². The number of carbonyl (C=O) groups excluding carboxylic acids is 1. The number of benzene rings is 2. The van der Waals surface area contributed by atoms with E-state index in [2.05, 4.69) is 21.7 Å². The van der Waals surface area contributed by atoms with Gasteiger partial charge in [0.15, 0.2) is 0 Å². The van der Waals surface area contributed by atoms with Crippen LogP contribution < -0.4 is 15.4 Å². The fraction of sp³-hybridized carbons (Fsp3) is 0.357. The van der Waals surface area contributed by atoms with Crippen molar-refractivity contribution in [2.75, 3.05) is 18.4 Å². The number of nitrogens with zero attached hydrogens (tertiary/aromatic N) is 1. The Bertz CT molecular complexity index is 1330. The minimum atomic E-state index is -0.410. The molecule has 2 aromatic carbocycles. The number of ether oxygens (including phenoxy) is 1. The average molecular weight is 491 g/mol. The fourth-order valence-electron chi connectivity index (χ4n) is 4.84. The summed E-state index contributed by atoms with van der Waals surface area (Å²) in [4.78, 5) is 20.1. The van der Waals surface area contributed by atoms with E-state index in [4.69, 9.17) is 21.3 Å². The predicted molar refractivity (Wildman–Crippen MR) is 143 cm³/mol. The third kappa shape index (κ3) is 5.70. The molecule has 4 aromatic rings. The Morgan fingerprint density at radius 3 is 2.77 bits per heavy atom. The maximum atomic E-state index is 12.1. The van der Waals surface area contributed by atoms with Crippen molar-refractivity contribution in [1.82, 2.24) is 15.3 Å². The molecule has 0 unspecified atom stereocenters. The smallest absolute Gasteiger partial charge is 0.410 e. The lowest BCUT2D eigenvalue weighted by Gasteiger charge is -2.22. The first-order valence-corrected chi connectivity index (χ1v) is 12.9. The van der Waals surface area contributed by atoms with Gasteiger partial charge in [-0.25, -0.2) is 4.79 Å². The Kier molecular flexibility index (Phi) is 7.38. The molecular weight excluding hydrogens is 460 g/mol. The second kappa shape index (κ2) is 11.0. The number of hydrogen-bond acceptors (Lipinski definition) is 4. The fourth-order valence-corrected chi connectivity index (χ4v) is 5.01. The molecule has 0 saturated carbocycles. The molecule has 1 amide bonds. The Labute approximate surface area is 210 Å². The summed E-state index contributed by atoms with van der Waals surface area (Å²) in [5, 5.41) is 9.53. The van der Waals surface area contributed by atoms with Gasteiger partial charge in [0, 0.05) is 52.7 Å². The summed E-state index contributed by atoms with van der Waals surface area (Å²) in [7, 11) is 0. The Balaban J connectivity index is 1.04. The lowest BCUT2D eigenvalue weighted by molar-refractivity contribution is 0.200. The molecule has 1 aliphatic rings. The number of hydrogen-bond donors (Lipinski definition) is 3. The topological polar surface area (TPSA) is 79.0 Å². The number of nitrogens with one attached hydrogen (secondary N) is 3. The molecule has 0 bridgehead atoms. The molecule has 5 rings (SSSR count). The Morgan fingerprint density at radius 2 is 1.86 bits per heavy atom. The van der Waals surface area contributed by atoms with Crippen molar-refractivity contribution in [3.63, 3.8) is 0 Å². The van der Waals surface area contributed by atoms with E-state index in [1.165, 1.54) is 29.8 Å². The molecule has 0 fully saturated rings. The molecule has 3 N–H and O–H groups in total. The van der Waals surface area contributed by atoms with Crippen molar-refractivity contribution in [3.8, 4) is 5.75 Å². The van der Waals surface area contributed by atoms with Gasteiger partial charge in [0.05, 0.1) is 5.52 Å². The number of fused-ring (bicyclic) bond motifs is 3. The largest absolute Gasteiger partial charge is 0.412 e. The first kappa shape index (κ1) is 23.5. The van der Waals surface area contributed by atoms with Gasteiger partial charge in [-0.05, 0) is 85.9 Å². The van der Waals surface area contributed by atoms with Crippen molar-refractivity contribution in [1.29, 1.82) is 0 Å². The summed E-state index contributed by atoms with van der Waals surface area (Å²) in [5.41, 5.74) is 5.77. The summed E-state index contributed by atoms with van der Waals surface area (Å²) in [6.07, 6.45) is 10.2. The molecule has 0 radical (unpaired) electrons. The van der Waals surface area contributed by atoms with E-state index in [1.807, 2.05) is 36.5 Å². The SMILES string of the molecule is O=C(NCCCCCCNc1c2c(nc3cc(Cl)ccc13)CCCC2)Oc1ccc2cc[nH]c2c1. The highest BCUT2D eigenvalue weighted by Crippen LogP contribution is 2.34. The van der Waals surface area contributed by atoms with Gasteiger partial charge in [-0.2, -0.15) is 0 Å². The minimum Gasteiger partial charge on any atom is -0.410 e. The van der Waals surface area contributed by atoms with Crippen LogP contribution in [0.15, 0.2) is 48.7 Å². The van der Waals surface area contributed by atoms with Gasteiger partial charge in [0.25, 0.3) is 0 Å². The van der Waals surface area contributed by atoms with Crippen molar-refractivity contribution in [2.45, 2.75) is 51.4 Å². The van der Waals surface area contributed by atoms with Crippen LogP contribution in [0.4, 0.5) is 10.5 Å². The first-order chi connectivity index (χ1) is 17.2. The molecule has 2 heterocycles. The number of amides is 1. The first-order valence-electron chi connectivity index (χ1n) is 12.5. The number of aryl methyl sites for hydroxylation is 1. The van der Waals surface area contributed by atoms with Crippen molar-refractivity contribution in [2.24, 2.45) is 0 Å². The number of aromatic nitrogens is 2. The van der Waals surface area contributed by atoms with E-state index >= 15 is 0 Å². The van der Waals surface area contributed by atoms with Gasteiger partial charge in [-0.15, -0.1) is 0 Å². The van der Waals surface area contributed by atoms with Crippen LogP contribution in [0.3, 0.4) is 0 Å². The van der Waals surface area contributed by atoms with E-state index in [-0.39, 0.29) is 0 Å². The summed E-state index contributed by atoms with van der Waals surface area (Å²) in [5.74, 6) is 0.539. The lowest BCUT2D eigenvalue weighted by Crippen LogP contribution is -2.27. The van der Waals surface area contributed by atoms with E-state index in [0.717, 1.165) is 71.9 Å². The number of unbranched alkanes of at least 4 members (excludes halogenated alkanes) is 3. The second-order valence-electron chi connectivity index (χ2n) is 9.16. The van der Waals surface area contributed by atoms with Crippen LogP contribution in [0.2, 0.25) is 5.02 Å². The molecule has 0 aliphatic heterocycles. The quantitative estimate of drug-likeness (QED) is 0.220. The van der Waals surface area contributed by atoms with Gasteiger partial charge in [-0.1, -0.05) is 24.4 Å². The predicted octanol–water partition coefficient (Wildman–Crippen LogP) is 7.01. The third-order valence-electron chi connectivity index (χ3n) is 6.64. The zero-order chi connectivity index (χ0) is 24.0. The monoisotopic (exact) mass is 490 g/mol. The van der Waals surface area contributed by atoms with Gasteiger partial charge >= 0.3 is 6.09 Å². The highest BCUT2D eigenvalue weighted by Gasteiger charge is 2.18. The Morgan fingerprint density at radius 1 is 1.00 bits per heavy atom. The lowest BCUT2D eigenvalue weighted by atomic mass is 9.92. The summed E-state index contributed by atoms with van der Waals surface area (Å²) < 4.78 is 5.38. The van der Waals surface area contributed by atoms with Crippen molar-refractivity contribution < 1.29 is 9.53 Å². The molecule has 182 valence electrons. The number of H-pyrrole nitrogens is 1. The van der Waals surface area contributed by atoms with Crippen molar-refractivity contribution in [3.05, 3.63) is 64.9 Å². The van der Waals surface area contributed by atoms with Crippen LogP contribution in [0, 0.1) is 0 Å². The number of halogens is 1.